The number of rotatable bonds is 5. The molecule has 2 aromatic rings. The number of benzene rings is 2. The molecule has 1 amide bonds. The highest BCUT2D eigenvalue weighted by molar-refractivity contribution is 7.91. The molecule has 0 saturated carbocycles. The zero-order valence-corrected chi connectivity index (χ0v) is 16.7. The quantitative estimate of drug-likeness (QED) is 0.746. The molecule has 0 atom stereocenters. The Labute approximate surface area is 164 Å². The largest absolute Gasteiger partial charge is 0.457 e. The van der Waals surface area contributed by atoms with Crippen LogP contribution in [0.5, 0.6) is 11.5 Å². The molecule has 0 unspecified atom stereocenters. The molecule has 5 nitrogen and oxygen atoms in total. The lowest BCUT2D eigenvalue weighted by Crippen LogP contribution is -2.38. The first-order valence-corrected chi connectivity index (χ1v) is 10.9. The minimum atomic E-state index is -3.37. The first kappa shape index (κ1) is 19.7. The van der Waals surface area contributed by atoms with E-state index in [9.17, 15) is 13.2 Å². The van der Waals surface area contributed by atoms with Gasteiger partial charge in [0.15, 0.2) is 9.84 Å². The summed E-state index contributed by atoms with van der Waals surface area (Å²) in [6.45, 7) is 2.80. The van der Waals surface area contributed by atoms with Gasteiger partial charge >= 0.3 is 0 Å². The molecule has 0 aromatic heterocycles. The van der Waals surface area contributed by atoms with Crippen molar-refractivity contribution in [3.8, 4) is 11.5 Å². The second-order valence-electron chi connectivity index (χ2n) is 6.76. The number of nitrogens with zero attached hydrogens (tertiary/aromatic N) is 1. The van der Waals surface area contributed by atoms with Crippen molar-refractivity contribution in [1.82, 2.24) is 4.90 Å². The molecule has 2 aromatic carbocycles. The van der Waals surface area contributed by atoms with Crippen LogP contribution in [0.2, 0.25) is 5.02 Å². The summed E-state index contributed by atoms with van der Waals surface area (Å²) in [4.78, 5) is 13.4. The normalized spacial score (nSPS) is 15.6. The third-order valence-corrected chi connectivity index (χ3v) is 6.90. The number of hydrogen-bond donors (Lipinski definition) is 0. The Hall–Kier alpha value is -2.05. The van der Waals surface area contributed by atoms with E-state index in [1.165, 1.54) is 0 Å². The lowest BCUT2D eigenvalue weighted by Gasteiger charge is -2.31. The summed E-state index contributed by atoms with van der Waals surface area (Å²) in [5, 5.41) is 0.623. The highest BCUT2D eigenvalue weighted by Crippen LogP contribution is 2.26. The van der Waals surface area contributed by atoms with E-state index in [-0.39, 0.29) is 17.6 Å². The van der Waals surface area contributed by atoms with Gasteiger partial charge in [-0.15, -0.1) is 0 Å². The Bertz CT molecular complexity index is 887. The fourth-order valence-electron chi connectivity index (χ4n) is 3.17. The van der Waals surface area contributed by atoms with Crippen LogP contribution in [0.15, 0.2) is 53.4 Å². The SMILES string of the molecule is CC(=O)N1CCC(CS(=O)(=O)c2ccc(Oc3ccc(Cl)cc3)cc2)CC1. The van der Waals surface area contributed by atoms with Gasteiger partial charge < -0.3 is 9.64 Å². The van der Waals surface area contributed by atoms with Gasteiger partial charge in [-0.2, -0.15) is 0 Å². The smallest absolute Gasteiger partial charge is 0.219 e. The average Bonchev–Trinajstić information content (AvgIpc) is 2.64. The van der Waals surface area contributed by atoms with Gasteiger partial charge in [0.1, 0.15) is 11.5 Å². The summed E-state index contributed by atoms with van der Waals surface area (Å²) in [5.41, 5.74) is 0. The summed E-state index contributed by atoms with van der Waals surface area (Å²) in [7, 11) is -3.37. The van der Waals surface area contributed by atoms with Crippen molar-refractivity contribution in [2.75, 3.05) is 18.8 Å². The average molecular weight is 408 g/mol. The van der Waals surface area contributed by atoms with E-state index in [2.05, 4.69) is 0 Å². The maximum atomic E-state index is 12.7. The van der Waals surface area contributed by atoms with Crippen LogP contribution in [0.3, 0.4) is 0 Å². The molecule has 0 radical (unpaired) electrons. The van der Waals surface area contributed by atoms with Gasteiger partial charge in [0, 0.05) is 25.0 Å². The molecule has 3 rings (SSSR count). The number of halogens is 1. The Morgan fingerprint density at radius 1 is 1.04 bits per heavy atom. The van der Waals surface area contributed by atoms with Crippen LogP contribution in [0.4, 0.5) is 0 Å². The van der Waals surface area contributed by atoms with E-state index < -0.39 is 9.84 Å². The second kappa shape index (κ2) is 8.31. The Morgan fingerprint density at radius 2 is 1.56 bits per heavy atom. The molecule has 27 heavy (non-hydrogen) atoms. The van der Waals surface area contributed by atoms with Crippen molar-refractivity contribution in [3.63, 3.8) is 0 Å². The molecule has 1 aliphatic rings. The maximum Gasteiger partial charge on any atom is 0.219 e. The van der Waals surface area contributed by atoms with Crippen molar-refractivity contribution in [1.29, 1.82) is 0 Å². The summed E-state index contributed by atoms with van der Waals surface area (Å²) in [6, 6.07) is 13.4. The zero-order valence-electron chi connectivity index (χ0n) is 15.1. The van der Waals surface area contributed by atoms with Crippen LogP contribution >= 0.6 is 11.6 Å². The molecule has 1 aliphatic heterocycles. The van der Waals surface area contributed by atoms with Crippen molar-refractivity contribution in [2.45, 2.75) is 24.7 Å². The number of hydrogen-bond acceptors (Lipinski definition) is 4. The number of carbonyl (C=O) groups is 1. The Kier molecular flexibility index (Phi) is 6.07. The molecule has 0 spiro atoms. The molecule has 1 heterocycles. The third kappa shape index (κ3) is 5.23. The molecule has 7 heteroatoms. The molecule has 0 aliphatic carbocycles. The lowest BCUT2D eigenvalue weighted by molar-refractivity contribution is -0.130. The van der Waals surface area contributed by atoms with Gasteiger partial charge in [0.2, 0.25) is 5.91 Å². The van der Waals surface area contributed by atoms with Crippen LogP contribution in [0, 0.1) is 5.92 Å². The van der Waals surface area contributed by atoms with Crippen molar-refractivity contribution >= 4 is 27.3 Å². The van der Waals surface area contributed by atoms with Gasteiger partial charge in [-0.1, -0.05) is 11.6 Å². The summed E-state index contributed by atoms with van der Waals surface area (Å²) in [6.07, 6.45) is 1.44. The molecule has 144 valence electrons. The van der Waals surface area contributed by atoms with E-state index in [1.54, 1.807) is 60.4 Å². The van der Waals surface area contributed by atoms with E-state index in [1.807, 2.05) is 0 Å². The monoisotopic (exact) mass is 407 g/mol. The van der Waals surface area contributed by atoms with Crippen LogP contribution in [0.25, 0.3) is 0 Å². The fourth-order valence-corrected chi connectivity index (χ4v) is 5.00. The second-order valence-corrected chi connectivity index (χ2v) is 9.23. The molecule has 1 fully saturated rings. The summed E-state index contributed by atoms with van der Waals surface area (Å²) in [5.74, 6) is 1.43. The fraction of sp³-hybridized carbons (Fsp3) is 0.350. The first-order chi connectivity index (χ1) is 12.8. The molecule has 0 N–H and O–H groups in total. The maximum absolute atomic E-state index is 12.7. The third-order valence-electron chi connectivity index (χ3n) is 4.75. The molecular formula is C20H22ClNO4S. The van der Waals surface area contributed by atoms with Gasteiger partial charge in [-0.05, 0) is 67.3 Å². The lowest BCUT2D eigenvalue weighted by atomic mass is 9.99. The van der Waals surface area contributed by atoms with Gasteiger partial charge in [0.25, 0.3) is 0 Å². The zero-order chi connectivity index (χ0) is 19.4. The van der Waals surface area contributed by atoms with E-state index >= 15 is 0 Å². The Balaban J connectivity index is 1.61. The van der Waals surface area contributed by atoms with E-state index in [4.69, 9.17) is 16.3 Å². The van der Waals surface area contributed by atoms with E-state index in [0.717, 1.165) is 12.8 Å². The van der Waals surface area contributed by atoms with Crippen LogP contribution < -0.4 is 4.74 Å². The van der Waals surface area contributed by atoms with Crippen LogP contribution in [-0.4, -0.2) is 38.1 Å². The van der Waals surface area contributed by atoms with Gasteiger partial charge in [-0.25, -0.2) is 8.42 Å². The van der Waals surface area contributed by atoms with Crippen molar-refractivity contribution in [2.24, 2.45) is 5.92 Å². The van der Waals surface area contributed by atoms with Gasteiger partial charge in [-0.3, -0.25) is 4.79 Å². The minimum absolute atomic E-state index is 0.0487. The van der Waals surface area contributed by atoms with Crippen LogP contribution in [0.1, 0.15) is 19.8 Å². The van der Waals surface area contributed by atoms with Crippen molar-refractivity contribution < 1.29 is 17.9 Å². The number of likely N-dealkylation sites (tertiary alicyclic amines) is 1. The van der Waals surface area contributed by atoms with E-state index in [0.29, 0.717) is 34.5 Å². The number of sulfone groups is 1. The predicted octanol–water partition coefficient (Wildman–Crippen LogP) is 4.16. The number of carbonyl (C=O) groups excluding carboxylic acids is 1. The summed E-state index contributed by atoms with van der Waals surface area (Å²) >= 11 is 5.85. The summed E-state index contributed by atoms with van der Waals surface area (Å²) < 4.78 is 31.1. The highest BCUT2D eigenvalue weighted by atomic mass is 35.5. The standard InChI is InChI=1S/C20H22ClNO4S/c1-15(23)22-12-10-16(11-13-22)14-27(24,25)20-8-6-19(7-9-20)26-18-4-2-17(21)3-5-18/h2-9,16H,10-14H2,1H3. The molecule has 1 saturated heterocycles. The predicted molar refractivity (Wildman–Crippen MR) is 105 cm³/mol. The first-order valence-electron chi connectivity index (χ1n) is 8.85. The molecular weight excluding hydrogens is 386 g/mol. The topological polar surface area (TPSA) is 63.7 Å². The number of ether oxygens (including phenoxy) is 1. The van der Waals surface area contributed by atoms with Gasteiger partial charge in [0.05, 0.1) is 10.6 Å². The van der Waals surface area contributed by atoms with Crippen molar-refractivity contribution in [3.05, 3.63) is 53.6 Å². The minimum Gasteiger partial charge on any atom is -0.457 e. The Morgan fingerprint density at radius 3 is 2.07 bits per heavy atom. The molecule has 0 bridgehead atoms. The highest BCUT2D eigenvalue weighted by Gasteiger charge is 2.26. The number of amides is 1. The number of piperidine rings is 1. The van der Waals surface area contributed by atoms with Crippen LogP contribution in [-0.2, 0) is 14.6 Å².